The standard InChI is InChI=1S/C31H37N5O4/c1-34(30(38)26-14-10-13-25(23-26)29(37)33-18-17-32)21-22-40-31(39)36(35-19-8-3-9-20-35)28-16-7-6-15-27(28)24-11-4-2-5-12-24/h2,4-7,10-16,23H,3,8-9,17-22,32H2,1H3,(H,33,37). The van der Waals surface area contributed by atoms with E-state index in [4.69, 9.17) is 10.5 Å². The van der Waals surface area contributed by atoms with Gasteiger partial charge < -0.3 is 20.7 Å². The molecular weight excluding hydrogens is 506 g/mol. The number of hydrazine groups is 1. The molecule has 1 aliphatic rings. The van der Waals surface area contributed by atoms with Gasteiger partial charge in [-0.2, -0.15) is 0 Å². The van der Waals surface area contributed by atoms with Crippen molar-refractivity contribution in [3.05, 3.63) is 90.0 Å². The molecule has 0 unspecified atom stereocenters. The Morgan fingerprint density at radius 2 is 1.60 bits per heavy atom. The van der Waals surface area contributed by atoms with Gasteiger partial charge in [-0.3, -0.25) is 9.59 Å². The van der Waals surface area contributed by atoms with Gasteiger partial charge in [-0.15, -0.1) is 0 Å². The average Bonchev–Trinajstić information content (AvgIpc) is 3.01. The van der Waals surface area contributed by atoms with Crippen LogP contribution < -0.4 is 16.1 Å². The number of benzene rings is 3. The zero-order valence-electron chi connectivity index (χ0n) is 22.9. The quantitative estimate of drug-likeness (QED) is 0.398. The van der Waals surface area contributed by atoms with Crippen LogP contribution in [0.1, 0.15) is 40.0 Å². The lowest BCUT2D eigenvalue weighted by molar-refractivity contribution is 0.0733. The number of hydrogen-bond donors (Lipinski definition) is 2. The number of carbonyl (C=O) groups is 3. The maximum Gasteiger partial charge on any atom is 0.429 e. The second-order valence-corrected chi connectivity index (χ2v) is 9.68. The van der Waals surface area contributed by atoms with Crippen LogP contribution in [0.2, 0.25) is 0 Å². The molecule has 3 amide bonds. The predicted molar refractivity (Wildman–Crippen MR) is 156 cm³/mol. The van der Waals surface area contributed by atoms with E-state index in [1.165, 1.54) is 4.90 Å². The topological polar surface area (TPSA) is 108 Å². The second kappa shape index (κ2) is 14.3. The summed E-state index contributed by atoms with van der Waals surface area (Å²) in [6.07, 6.45) is 2.64. The number of likely N-dealkylation sites (N-methyl/N-ethyl adjacent to an activating group) is 1. The fourth-order valence-corrected chi connectivity index (χ4v) is 4.70. The largest absolute Gasteiger partial charge is 0.446 e. The summed E-state index contributed by atoms with van der Waals surface area (Å²) in [6.45, 7) is 2.42. The Morgan fingerprint density at radius 3 is 2.35 bits per heavy atom. The minimum absolute atomic E-state index is 0.0234. The molecule has 0 aliphatic carbocycles. The minimum atomic E-state index is -0.482. The van der Waals surface area contributed by atoms with Gasteiger partial charge in [0.1, 0.15) is 6.61 Å². The van der Waals surface area contributed by atoms with Crippen LogP contribution in [0, 0.1) is 0 Å². The van der Waals surface area contributed by atoms with Crippen LogP contribution in [-0.4, -0.2) is 74.2 Å². The molecular formula is C31H37N5O4. The van der Waals surface area contributed by atoms with Crippen molar-refractivity contribution >= 4 is 23.6 Å². The Kier molecular flexibility index (Phi) is 10.3. The Bertz CT molecular complexity index is 1290. The number of amides is 3. The summed E-state index contributed by atoms with van der Waals surface area (Å²) in [4.78, 5) is 40.3. The highest BCUT2D eigenvalue weighted by Crippen LogP contribution is 2.33. The summed E-state index contributed by atoms with van der Waals surface area (Å²) < 4.78 is 5.74. The van der Waals surface area contributed by atoms with E-state index >= 15 is 0 Å². The van der Waals surface area contributed by atoms with E-state index in [1.807, 2.05) is 59.6 Å². The first-order valence-electron chi connectivity index (χ1n) is 13.7. The smallest absolute Gasteiger partial charge is 0.429 e. The van der Waals surface area contributed by atoms with Crippen LogP contribution in [0.3, 0.4) is 0 Å². The van der Waals surface area contributed by atoms with Gasteiger partial charge in [-0.05, 0) is 42.7 Å². The van der Waals surface area contributed by atoms with Crippen molar-refractivity contribution in [2.45, 2.75) is 19.3 Å². The molecule has 3 N–H and O–H groups in total. The Labute approximate surface area is 235 Å². The maximum atomic E-state index is 13.6. The average molecular weight is 544 g/mol. The van der Waals surface area contributed by atoms with Crippen LogP contribution in [0.4, 0.5) is 10.5 Å². The Balaban J connectivity index is 1.44. The van der Waals surface area contributed by atoms with E-state index in [2.05, 4.69) is 5.32 Å². The third-order valence-electron chi connectivity index (χ3n) is 6.81. The molecule has 1 saturated heterocycles. The zero-order valence-corrected chi connectivity index (χ0v) is 22.9. The number of rotatable bonds is 10. The number of para-hydroxylation sites is 1. The van der Waals surface area contributed by atoms with Crippen molar-refractivity contribution in [1.82, 2.24) is 15.2 Å². The van der Waals surface area contributed by atoms with Gasteiger partial charge in [-0.1, -0.05) is 61.0 Å². The highest BCUT2D eigenvalue weighted by molar-refractivity contribution is 5.99. The van der Waals surface area contributed by atoms with Crippen molar-refractivity contribution in [2.24, 2.45) is 5.73 Å². The van der Waals surface area contributed by atoms with E-state index < -0.39 is 6.09 Å². The van der Waals surface area contributed by atoms with Gasteiger partial charge in [0.2, 0.25) is 0 Å². The number of nitrogens with zero attached hydrogens (tertiary/aromatic N) is 3. The minimum Gasteiger partial charge on any atom is -0.446 e. The van der Waals surface area contributed by atoms with Gasteiger partial charge >= 0.3 is 6.09 Å². The Hall–Kier alpha value is -4.21. The lowest BCUT2D eigenvalue weighted by Gasteiger charge is -2.37. The molecule has 0 spiro atoms. The van der Waals surface area contributed by atoms with Gasteiger partial charge in [0.25, 0.3) is 11.8 Å². The fraction of sp³-hybridized carbons (Fsp3) is 0.323. The monoisotopic (exact) mass is 543 g/mol. The van der Waals surface area contributed by atoms with Crippen LogP contribution in [-0.2, 0) is 4.74 Å². The van der Waals surface area contributed by atoms with Crippen LogP contribution in [0.5, 0.6) is 0 Å². The van der Waals surface area contributed by atoms with Crippen molar-refractivity contribution in [3.8, 4) is 11.1 Å². The van der Waals surface area contributed by atoms with Gasteiger partial charge in [0.15, 0.2) is 0 Å². The molecule has 3 aromatic carbocycles. The molecule has 0 saturated carbocycles. The molecule has 210 valence electrons. The molecule has 1 heterocycles. The van der Waals surface area contributed by atoms with E-state index in [0.29, 0.717) is 24.2 Å². The normalized spacial score (nSPS) is 13.3. The van der Waals surface area contributed by atoms with Crippen molar-refractivity contribution in [3.63, 3.8) is 0 Å². The van der Waals surface area contributed by atoms with E-state index in [-0.39, 0.29) is 25.0 Å². The lowest BCUT2D eigenvalue weighted by atomic mass is 10.0. The highest BCUT2D eigenvalue weighted by Gasteiger charge is 2.28. The molecule has 9 nitrogen and oxygen atoms in total. The number of nitrogens with two attached hydrogens (primary N) is 1. The number of piperidine rings is 1. The first kappa shape index (κ1) is 28.8. The number of ether oxygens (including phenoxy) is 1. The summed E-state index contributed by atoms with van der Waals surface area (Å²) in [6, 6.07) is 24.3. The second-order valence-electron chi connectivity index (χ2n) is 9.68. The van der Waals surface area contributed by atoms with E-state index in [1.54, 1.807) is 36.3 Å². The van der Waals surface area contributed by atoms with E-state index in [9.17, 15) is 14.4 Å². The van der Waals surface area contributed by atoms with Gasteiger partial charge in [0.05, 0.1) is 12.2 Å². The number of nitrogens with one attached hydrogen (secondary N) is 1. The summed E-state index contributed by atoms with van der Waals surface area (Å²) >= 11 is 0. The molecule has 9 heteroatoms. The summed E-state index contributed by atoms with van der Waals surface area (Å²) in [7, 11) is 1.64. The molecule has 0 bridgehead atoms. The highest BCUT2D eigenvalue weighted by atomic mass is 16.6. The van der Waals surface area contributed by atoms with Crippen molar-refractivity contribution in [2.75, 3.05) is 51.4 Å². The molecule has 0 aromatic heterocycles. The van der Waals surface area contributed by atoms with Crippen molar-refractivity contribution in [1.29, 1.82) is 0 Å². The molecule has 1 aliphatic heterocycles. The molecule has 1 fully saturated rings. The van der Waals surface area contributed by atoms with Gasteiger partial charge in [-0.25, -0.2) is 14.8 Å². The molecule has 40 heavy (non-hydrogen) atoms. The molecule has 0 radical (unpaired) electrons. The fourth-order valence-electron chi connectivity index (χ4n) is 4.70. The van der Waals surface area contributed by atoms with Crippen LogP contribution in [0.15, 0.2) is 78.9 Å². The first-order valence-corrected chi connectivity index (χ1v) is 13.7. The number of anilines is 1. The van der Waals surface area contributed by atoms with Crippen LogP contribution in [0.25, 0.3) is 11.1 Å². The SMILES string of the molecule is CN(CCOC(=O)N(c1ccccc1-c1ccccc1)N1CCCCC1)C(=O)c1cccc(C(=O)NCCN)c1. The molecule has 4 rings (SSSR count). The van der Waals surface area contributed by atoms with E-state index in [0.717, 1.165) is 49.2 Å². The Morgan fingerprint density at radius 1 is 0.900 bits per heavy atom. The van der Waals surface area contributed by atoms with Gasteiger partial charge in [0, 0.05) is 49.9 Å². The molecule has 3 aromatic rings. The van der Waals surface area contributed by atoms with Crippen molar-refractivity contribution < 1.29 is 19.1 Å². The summed E-state index contributed by atoms with van der Waals surface area (Å²) in [5.74, 6) is -0.558. The first-order chi connectivity index (χ1) is 19.5. The van der Waals surface area contributed by atoms with Crippen LogP contribution >= 0.6 is 0 Å². The zero-order chi connectivity index (χ0) is 28.3. The maximum absolute atomic E-state index is 13.6. The number of carbonyl (C=O) groups excluding carboxylic acids is 3. The summed E-state index contributed by atoms with van der Waals surface area (Å²) in [5, 5.41) is 6.39. The third kappa shape index (κ3) is 7.25. The summed E-state index contributed by atoms with van der Waals surface area (Å²) in [5.41, 5.74) is 8.92. The predicted octanol–water partition coefficient (Wildman–Crippen LogP) is 4.16. The lowest BCUT2D eigenvalue weighted by Crippen LogP contribution is -2.50. The molecule has 0 atom stereocenters. The number of hydrogen-bond acceptors (Lipinski definition) is 6. The third-order valence-corrected chi connectivity index (χ3v) is 6.81.